The van der Waals surface area contributed by atoms with Crippen molar-refractivity contribution in [3.63, 3.8) is 0 Å². The topological polar surface area (TPSA) is 71.2 Å². The second-order valence-electron chi connectivity index (χ2n) is 5.51. The third kappa shape index (κ3) is 3.18. The summed E-state index contributed by atoms with van der Waals surface area (Å²) >= 11 is 6.25. The first-order valence-electron chi connectivity index (χ1n) is 7.30. The SMILES string of the molecule is Nc1cc2c(N3CCC[C@H](N[B]C=O)C3)cc(Cl)cc2cn1. The first kappa shape index (κ1) is 15.1. The Bertz CT molecular complexity index is 697. The molecule has 5 nitrogen and oxygen atoms in total. The Hall–Kier alpha value is -1.79. The van der Waals surface area contributed by atoms with Crippen LogP contribution in [-0.2, 0) is 4.79 Å². The van der Waals surface area contributed by atoms with Crippen LogP contribution in [0.4, 0.5) is 11.5 Å². The molecule has 3 rings (SSSR count). The first-order chi connectivity index (χ1) is 10.7. The van der Waals surface area contributed by atoms with E-state index in [0.717, 1.165) is 48.6 Å². The van der Waals surface area contributed by atoms with Crippen molar-refractivity contribution in [2.45, 2.75) is 18.9 Å². The average Bonchev–Trinajstić information content (AvgIpc) is 2.53. The van der Waals surface area contributed by atoms with E-state index in [-0.39, 0.29) is 6.04 Å². The highest BCUT2D eigenvalue weighted by Gasteiger charge is 2.21. The number of nitrogens with one attached hydrogen (secondary N) is 1. The van der Waals surface area contributed by atoms with E-state index in [1.165, 1.54) is 7.41 Å². The molecule has 1 atom stereocenters. The molecular weight excluding hydrogens is 298 g/mol. The van der Waals surface area contributed by atoms with Crippen LogP contribution in [0.2, 0.25) is 5.02 Å². The number of fused-ring (bicyclic) bond motifs is 1. The Morgan fingerprint density at radius 2 is 2.32 bits per heavy atom. The zero-order valence-corrected chi connectivity index (χ0v) is 12.9. The summed E-state index contributed by atoms with van der Waals surface area (Å²) < 4.78 is 0. The highest BCUT2D eigenvalue weighted by Crippen LogP contribution is 2.33. The third-order valence-electron chi connectivity index (χ3n) is 3.96. The fourth-order valence-corrected chi connectivity index (χ4v) is 3.21. The van der Waals surface area contributed by atoms with Crippen molar-refractivity contribution < 1.29 is 4.79 Å². The lowest BCUT2D eigenvalue weighted by Gasteiger charge is -2.35. The number of halogens is 1. The van der Waals surface area contributed by atoms with Gasteiger partial charge in [0, 0.05) is 46.8 Å². The van der Waals surface area contributed by atoms with Gasteiger partial charge in [-0.3, -0.25) is 0 Å². The van der Waals surface area contributed by atoms with Crippen LogP contribution in [-0.4, -0.2) is 37.7 Å². The van der Waals surface area contributed by atoms with Crippen molar-refractivity contribution in [1.29, 1.82) is 0 Å². The molecule has 2 heterocycles. The molecule has 2 aromatic rings. The lowest BCUT2D eigenvalue weighted by atomic mass is 9.93. The number of carbonyl (C=O) groups is 1. The van der Waals surface area contributed by atoms with E-state index in [0.29, 0.717) is 10.8 Å². The second-order valence-corrected chi connectivity index (χ2v) is 5.95. The van der Waals surface area contributed by atoms with E-state index in [1.807, 2.05) is 18.2 Å². The molecule has 1 aliphatic rings. The molecule has 1 aromatic heterocycles. The van der Waals surface area contributed by atoms with Crippen molar-refractivity contribution in [2.75, 3.05) is 23.7 Å². The van der Waals surface area contributed by atoms with Gasteiger partial charge in [0.15, 0.2) is 0 Å². The van der Waals surface area contributed by atoms with Gasteiger partial charge in [-0.25, -0.2) is 4.98 Å². The number of hydrogen-bond acceptors (Lipinski definition) is 5. The zero-order valence-electron chi connectivity index (χ0n) is 12.1. The predicted molar refractivity (Wildman–Crippen MR) is 92.0 cm³/mol. The molecule has 0 bridgehead atoms. The number of pyridine rings is 1. The highest BCUT2D eigenvalue weighted by molar-refractivity contribution is 6.64. The number of anilines is 2. The van der Waals surface area contributed by atoms with Gasteiger partial charge in [0.05, 0.1) is 6.19 Å². The summed E-state index contributed by atoms with van der Waals surface area (Å²) in [7, 11) is 1.46. The van der Waals surface area contributed by atoms with Gasteiger partial charge < -0.3 is 20.7 Å². The van der Waals surface area contributed by atoms with E-state index in [2.05, 4.69) is 15.1 Å². The van der Waals surface area contributed by atoms with Gasteiger partial charge in [-0.15, -0.1) is 0 Å². The molecule has 3 N–H and O–H groups in total. The van der Waals surface area contributed by atoms with Crippen LogP contribution >= 0.6 is 11.6 Å². The maximum atomic E-state index is 10.5. The molecule has 1 aromatic carbocycles. The minimum Gasteiger partial charge on any atom is -0.384 e. The summed E-state index contributed by atoms with van der Waals surface area (Å²) in [5.74, 6) is 0.497. The van der Waals surface area contributed by atoms with Crippen LogP contribution in [0, 0.1) is 0 Å². The van der Waals surface area contributed by atoms with Crippen molar-refractivity contribution in [2.24, 2.45) is 0 Å². The number of piperidine rings is 1. The van der Waals surface area contributed by atoms with Crippen LogP contribution in [0.1, 0.15) is 12.8 Å². The van der Waals surface area contributed by atoms with E-state index in [9.17, 15) is 4.79 Å². The molecule has 0 aliphatic carbocycles. The Morgan fingerprint density at radius 1 is 1.45 bits per heavy atom. The summed E-state index contributed by atoms with van der Waals surface area (Å²) in [4.78, 5) is 16.9. The van der Waals surface area contributed by atoms with Crippen molar-refractivity contribution in [1.82, 2.24) is 10.2 Å². The largest absolute Gasteiger partial charge is 0.384 e. The monoisotopic (exact) mass is 315 g/mol. The van der Waals surface area contributed by atoms with Crippen LogP contribution in [0.3, 0.4) is 0 Å². The minimum absolute atomic E-state index is 0.257. The fourth-order valence-electron chi connectivity index (χ4n) is 2.99. The van der Waals surface area contributed by atoms with Crippen LogP contribution < -0.4 is 15.9 Å². The van der Waals surface area contributed by atoms with Crippen LogP contribution in [0.25, 0.3) is 10.8 Å². The summed E-state index contributed by atoms with van der Waals surface area (Å²) in [5.41, 5.74) is 6.90. The molecule has 22 heavy (non-hydrogen) atoms. The van der Waals surface area contributed by atoms with Crippen LogP contribution in [0.5, 0.6) is 0 Å². The van der Waals surface area contributed by atoms with E-state index < -0.39 is 0 Å². The lowest BCUT2D eigenvalue weighted by molar-refractivity contribution is 0.480. The molecule has 0 amide bonds. The maximum Gasteiger partial charge on any atom is 0.290 e. The predicted octanol–water partition coefficient (Wildman–Crippen LogP) is 1.84. The number of nitrogens with zero attached hydrogens (tertiary/aromatic N) is 2. The smallest absolute Gasteiger partial charge is 0.290 e. The lowest BCUT2D eigenvalue weighted by Crippen LogP contribution is -2.47. The Balaban J connectivity index is 1.94. The molecule has 7 heteroatoms. The molecule has 1 aliphatic heterocycles. The summed E-state index contributed by atoms with van der Waals surface area (Å²) in [5, 5.41) is 5.85. The molecule has 0 saturated carbocycles. The van der Waals surface area contributed by atoms with E-state index >= 15 is 0 Å². The fraction of sp³-hybridized carbons (Fsp3) is 0.333. The van der Waals surface area contributed by atoms with Crippen molar-refractivity contribution >= 4 is 47.5 Å². The number of nitrogen functional groups attached to an aromatic ring is 1. The molecule has 1 radical (unpaired) electrons. The first-order valence-corrected chi connectivity index (χ1v) is 7.68. The molecule has 1 fully saturated rings. The van der Waals surface area contributed by atoms with Gasteiger partial charge in [-0.2, -0.15) is 0 Å². The molecular formula is C15H17BClN4O. The Morgan fingerprint density at radius 3 is 3.14 bits per heavy atom. The normalized spacial score (nSPS) is 18.4. The summed E-state index contributed by atoms with van der Waals surface area (Å²) in [6.45, 7) is 1.78. The van der Waals surface area contributed by atoms with Crippen molar-refractivity contribution in [3.8, 4) is 0 Å². The Kier molecular flexibility index (Phi) is 4.50. The third-order valence-corrected chi connectivity index (χ3v) is 4.18. The van der Waals surface area contributed by atoms with Crippen LogP contribution in [0.15, 0.2) is 24.4 Å². The number of aromatic nitrogens is 1. The summed E-state index contributed by atoms with van der Waals surface area (Å²) in [6, 6.07) is 6.00. The van der Waals surface area contributed by atoms with Crippen molar-refractivity contribution in [3.05, 3.63) is 29.4 Å². The molecule has 113 valence electrons. The minimum atomic E-state index is 0.257. The number of carbonyl (C=O) groups excluding carboxylic acids is 1. The van der Waals surface area contributed by atoms with E-state index in [1.54, 1.807) is 6.20 Å². The van der Waals surface area contributed by atoms with Gasteiger partial charge in [0.1, 0.15) is 5.82 Å². The number of hydrogen-bond donors (Lipinski definition) is 2. The second kappa shape index (κ2) is 6.54. The Labute approximate surface area is 135 Å². The van der Waals surface area contributed by atoms with Gasteiger partial charge in [0.2, 0.25) is 0 Å². The summed E-state index contributed by atoms with van der Waals surface area (Å²) in [6.07, 6.45) is 4.63. The standard InChI is InChI=1S/C15H17BClN4O/c17-11-4-10-7-19-15(18)6-13(10)14(5-11)21-3-1-2-12(8-21)20-16-9-22/h4-7,9,12,20H,1-3,8H2,(H2,18,19)/t12-/m0/s1. The number of rotatable bonds is 4. The maximum absolute atomic E-state index is 10.5. The van der Waals surface area contributed by atoms with Gasteiger partial charge >= 0.3 is 0 Å². The molecule has 0 spiro atoms. The number of benzene rings is 1. The van der Waals surface area contributed by atoms with Gasteiger partial charge in [-0.05, 0) is 31.0 Å². The average molecular weight is 316 g/mol. The molecule has 0 unspecified atom stereocenters. The quantitative estimate of drug-likeness (QED) is 0.665. The zero-order chi connectivity index (χ0) is 15.5. The highest BCUT2D eigenvalue weighted by atomic mass is 35.5. The number of nitrogens with two attached hydrogens (primary N) is 1. The molecule has 1 saturated heterocycles. The van der Waals surface area contributed by atoms with Gasteiger partial charge in [0.25, 0.3) is 7.41 Å². The van der Waals surface area contributed by atoms with Gasteiger partial charge in [-0.1, -0.05) is 11.6 Å². The van der Waals surface area contributed by atoms with E-state index in [4.69, 9.17) is 17.3 Å².